The van der Waals surface area contributed by atoms with Crippen molar-refractivity contribution in [1.29, 1.82) is 0 Å². The van der Waals surface area contributed by atoms with Crippen LogP contribution in [0.4, 0.5) is 0 Å². The molecular formula is C16H25BrN2O2. The zero-order valence-corrected chi connectivity index (χ0v) is 14.8. The maximum Gasteiger partial charge on any atom is 0.260 e. The van der Waals surface area contributed by atoms with Crippen molar-refractivity contribution in [3.63, 3.8) is 0 Å². The maximum absolute atomic E-state index is 11.8. The Morgan fingerprint density at radius 2 is 2.05 bits per heavy atom. The molecule has 0 saturated carbocycles. The molecule has 1 aromatic carbocycles. The molecule has 1 amide bonds. The fraction of sp³-hybridized carbons (Fsp3) is 0.562. The summed E-state index contributed by atoms with van der Waals surface area (Å²) in [5.41, 5.74) is 1.06. The average Bonchev–Trinajstić information content (AvgIpc) is 2.45. The van der Waals surface area contributed by atoms with Gasteiger partial charge in [0, 0.05) is 22.6 Å². The predicted molar refractivity (Wildman–Crippen MR) is 89.6 cm³/mol. The number of amides is 1. The van der Waals surface area contributed by atoms with Gasteiger partial charge in [-0.3, -0.25) is 4.79 Å². The highest BCUT2D eigenvalue weighted by Gasteiger charge is 2.18. The first kappa shape index (κ1) is 18.0. The highest BCUT2D eigenvalue weighted by molar-refractivity contribution is 9.10. The van der Waals surface area contributed by atoms with Crippen LogP contribution in [0, 0.1) is 0 Å². The van der Waals surface area contributed by atoms with Crippen LogP contribution in [0.1, 0.15) is 45.7 Å². The molecule has 0 aromatic heterocycles. The van der Waals surface area contributed by atoms with Crippen LogP contribution in [-0.2, 0) is 4.79 Å². The Morgan fingerprint density at radius 1 is 1.33 bits per heavy atom. The Hall–Kier alpha value is -1.07. The van der Waals surface area contributed by atoms with Gasteiger partial charge in [-0.25, -0.2) is 0 Å². The summed E-state index contributed by atoms with van der Waals surface area (Å²) in [4.78, 5) is 11.8. The second kappa shape index (κ2) is 9.05. The van der Waals surface area contributed by atoms with Gasteiger partial charge in [-0.05, 0) is 45.9 Å². The van der Waals surface area contributed by atoms with E-state index in [4.69, 9.17) is 4.74 Å². The predicted octanol–water partition coefficient (Wildman–Crippen LogP) is 3.41. The van der Waals surface area contributed by atoms with Crippen LogP contribution in [0.3, 0.4) is 0 Å². The van der Waals surface area contributed by atoms with E-state index in [0.29, 0.717) is 6.54 Å². The number of carbonyl (C=O) groups excluding carboxylic acids is 1. The molecule has 118 valence electrons. The third-order valence-corrected chi connectivity index (χ3v) is 3.66. The molecule has 0 aliphatic rings. The van der Waals surface area contributed by atoms with Gasteiger partial charge in [0.2, 0.25) is 0 Å². The Bertz CT molecular complexity index is 466. The second-order valence-corrected chi connectivity index (χ2v) is 5.93. The van der Waals surface area contributed by atoms with Gasteiger partial charge in [0.25, 0.3) is 5.91 Å². The van der Waals surface area contributed by atoms with E-state index in [9.17, 15) is 4.79 Å². The lowest BCUT2D eigenvalue weighted by Crippen LogP contribution is -2.36. The van der Waals surface area contributed by atoms with Gasteiger partial charge in [0.1, 0.15) is 5.75 Å². The van der Waals surface area contributed by atoms with Gasteiger partial charge in [-0.15, -0.1) is 0 Å². The summed E-state index contributed by atoms with van der Waals surface area (Å²) in [6, 6.07) is 6.10. The normalized spacial score (nSPS) is 13.6. The molecular weight excluding hydrogens is 332 g/mol. The third-order valence-electron chi connectivity index (χ3n) is 3.17. The van der Waals surface area contributed by atoms with Crippen molar-refractivity contribution in [2.24, 2.45) is 0 Å². The summed E-state index contributed by atoms with van der Waals surface area (Å²) in [6.07, 6.45) is 0.559. The lowest BCUT2D eigenvalue weighted by Gasteiger charge is -2.21. The summed E-state index contributed by atoms with van der Waals surface area (Å²) in [5, 5.41) is 6.21. The van der Waals surface area contributed by atoms with Gasteiger partial charge in [-0.1, -0.05) is 28.9 Å². The molecule has 0 spiro atoms. The van der Waals surface area contributed by atoms with E-state index < -0.39 is 6.10 Å². The summed E-state index contributed by atoms with van der Waals surface area (Å²) >= 11 is 3.45. The van der Waals surface area contributed by atoms with E-state index in [1.165, 1.54) is 0 Å². The van der Waals surface area contributed by atoms with E-state index in [-0.39, 0.29) is 11.9 Å². The molecule has 0 fully saturated rings. The number of rotatable bonds is 8. The SMILES string of the molecule is CCCNC(C)c1ccc(Br)cc1OC(C)C(=O)NCC. The molecule has 0 saturated heterocycles. The molecule has 4 nitrogen and oxygen atoms in total. The van der Waals surface area contributed by atoms with Crippen molar-refractivity contribution < 1.29 is 9.53 Å². The first-order valence-corrected chi connectivity index (χ1v) is 8.26. The van der Waals surface area contributed by atoms with Gasteiger partial charge in [-0.2, -0.15) is 0 Å². The monoisotopic (exact) mass is 356 g/mol. The number of ether oxygens (including phenoxy) is 1. The smallest absolute Gasteiger partial charge is 0.260 e. The largest absolute Gasteiger partial charge is 0.481 e. The Labute approximate surface area is 135 Å². The maximum atomic E-state index is 11.8. The molecule has 0 heterocycles. The summed E-state index contributed by atoms with van der Waals surface area (Å²) < 4.78 is 6.80. The molecule has 2 unspecified atom stereocenters. The third kappa shape index (κ3) is 5.67. The number of carbonyl (C=O) groups is 1. The molecule has 1 aromatic rings. The molecule has 1 rings (SSSR count). The fourth-order valence-electron chi connectivity index (χ4n) is 2.00. The van der Waals surface area contributed by atoms with Gasteiger partial charge in [0.05, 0.1) is 0 Å². The Kier molecular flexibility index (Phi) is 7.75. The average molecular weight is 357 g/mol. The van der Waals surface area contributed by atoms with Gasteiger partial charge < -0.3 is 15.4 Å². The number of hydrogen-bond donors (Lipinski definition) is 2. The lowest BCUT2D eigenvalue weighted by molar-refractivity contribution is -0.127. The van der Waals surface area contributed by atoms with Crippen LogP contribution < -0.4 is 15.4 Å². The van der Waals surface area contributed by atoms with Crippen molar-refractivity contribution in [3.05, 3.63) is 28.2 Å². The molecule has 2 N–H and O–H groups in total. The minimum atomic E-state index is -0.517. The molecule has 0 bridgehead atoms. The quantitative estimate of drug-likeness (QED) is 0.750. The van der Waals surface area contributed by atoms with Crippen molar-refractivity contribution in [2.45, 2.75) is 46.3 Å². The van der Waals surface area contributed by atoms with E-state index in [1.54, 1.807) is 6.92 Å². The van der Waals surface area contributed by atoms with Gasteiger partial charge >= 0.3 is 0 Å². The van der Waals surface area contributed by atoms with E-state index in [0.717, 1.165) is 28.8 Å². The number of benzene rings is 1. The topological polar surface area (TPSA) is 50.4 Å². The van der Waals surface area contributed by atoms with Crippen LogP contribution in [0.2, 0.25) is 0 Å². The zero-order valence-electron chi connectivity index (χ0n) is 13.2. The first-order chi connectivity index (χ1) is 9.99. The number of likely N-dealkylation sites (N-methyl/N-ethyl adjacent to an activating group) is 1. The van der Waals surface area contributed by atoms with E-state index in [2.05, 4.69) is 40.4 Å². The Morgan fingerprint density at radius 3 is 2.67 bits per heavy atom. The summed E-state index contributed by atoms with van der Waals surface area (Å²) in [5.74, 6) is 0.636. The number of nitrogens with one attached hydrogen (secondary N) is 2. The molecule has 2 atom stereocenters. The standard InChI is InChI=1S/C16H25BrN2O2/c1-5-9-19-11(3)14-8-7-13(17)10-15(14)21-12(4)16(20)18-6-2/h7-8,10-12,19H,5-6,9H2,1-4H3,(H,18,20). The number of halogens is 1. The highest BCUT2D eigenvalue weighted by Crippen LogP contribution is 2.29. The van der Waals surface area contributed by atoms with Crippen LogP contribution >= 0.6 is 15.9 Å². The minimum Gasteiger partial charge on any atom is -0.481 e. The first-order valence-electron chi connectivity index (χ1n) is 7.46. The summed E-state index contributed by atoms with van der Waals surface area (Å²) in [6.45, 7) is 9.44. The minimum absolute atomic E-state index is 0.0994. The van der Waals surface area contributed by atoms with Crippen LogP contribution in [-0.4, -0.2) is 25.1 Å². The molecule has 21 heavy (non-hydrogen) atoms. The zero-order chi connectivity index (χ0) is 15.8. The van der Waals surface area contributed by atoms with Gasteiger partial charge in [0.15, 0.2) is 6.10 Å². The van der Waals surface area contributed by atoms with Crippen LogP contribution in [0.15, 0.2) is 22.7 Å². The Balaban J connectivity index is 2.88. The molecule has 0 aliphatic carbocycles. The van der Waals surface area contributed by atoms with Crippen molar-refractivity contribution >= 4 is 21.8 Å². The van der Waals surface area contributed by atoms with E-state index >= 15 is 0 Å². The highest BCUT2D eigenvalue weighted by atomic mass is 79.9. The van der Waals surface area contributed by atoms with Crippen molar-refractivity contribution in [1.82, 2.24) is 10.6 Å². The van der Waals surface area contributed by atoms with Crippen molar-refractivity contribution in [2.75, 3.05) is 13.1 Å². The summed E-state index contributed by atoms with van der Waals surface area (Å²) in [7, 11) is 0. The van der Waals surface area contributed by atoms with Crippen molar-refractivity contribution in [3.8, 4) is 5.75 Å². The lowest BCUT2D eigenvalue weighted by atomic mass is 10.1. The van der Waals surface area contributed by atoms with E-state index in [1.807, 2.05) is 25.1 Å². The number of hydrogen-bond acceptors (Lipinski definition) is 3. The van der Waals surface area contributed by atoms with Crippen LogP contribution in [0.25, 0.3) is 0 Å². The molecule has 5 heteroatoms. The fourth-order valence-corrected chi connectivity index (χ4v) is 2.34. The second-order valence-electron chi connectivity index (χ2n) is 5.01. The molecule has 0 radical (unpaired) electrons. The van der Waals surface area contributed by atoms with Crippen LogP contribution in [0.5, 0.6) is 5.75 Å². The molecule has 0 aliphatic heterocycles.